The van der Waals surface area contributed by atoms with Gasteiger partial charge in [0.05, 0.1) is 5.75 Å². The second-order valence-electron chi connectivity index (χ2n) is 6.47. The summed E-state index contributed by atoms with van der Waals surface area (Å²) in [7, 11) is 0. The molecule has 4 heteroatoms. The van der Waals surface area contributed by atoms with Gasteiger partial charge in [0.15, 0.2) is 0 Å². The topological polar surface area (TPSA) is 29.1 Å². The number of amides is 1. The number of nitrogens with one attached hydrogen (secondary N) is 1. The molecule has 0 saturated heterocycles. The Hall–Kier alpha value is -1.45. The molecule has 134 valence electrons. The Kier molecular flexibility index (Phi) is 8.36. The van der Waals surface area contributed by atoms with E-state index in [-0.39, 0.29) is 5.91 Å². The van der Waals surface area contributed by atoms with E-state index in [4.69, 9.17) is 11.6 Å². The third kappa shape index (κ3) is 7.54. The van der Waals surface area contributed by atoms with Gasteiger partial charge in [0, 0.05) is 17.3 Å². The van der Waals surface area contributed by atoms with Crippen LogP contribution in [0.2, 0.25) is 5.02 Å². The minimum Gasteiger partial charge on any atom is -0.355 e. The van der Waals surface area contributed by atoms with Gasteiger partial charge in [0.25, 0.3) is 0 Å². The van der Waals surface area contributed by atoms with Gasteiger partial charge in [-0.1, -0.05) is 61.8 Å². The first-order valence-corrected chi connectivity index (χ1v) is 10.3. The van der Waals surface area contributed by atoms with Crippen LogP contribution in [0.15, 0.2) is 48.5 Å². The first kappa shape index (κ1) is 19.9. The van der Waals surface area contributed by atoms with Crippen LogP contribution >= 0.6 is 23.4 Å². The molecule has 0 bridgehead atoms. The van der Waals surface area contributed by atoms with E-state index in [1.807, 2.05) is 24.3 Å². The molecule has 0 aliphatic carbocycles. The number of aryl methyl sites for hydroxylation is 1. The van der Waals surface area contributed by atoms with Crippen LogP contribution in [-0.4, -0.2) is 18.2 Å². The molecule has 0 saturated carbocycles. The number of benzene rings is 2. The highest BCUT2D eigenvalue weighted by atomic mass is 35.5. The van der Waals surface area contributed by atoms with Crippen molar-refractivity contribution < 1.29 is 4.79 Å². The quantitative estimate of drug-likeness (QED) is 0.591. The molecule has 0 fully saturated rings. The molecule has 0 atom stereocenters. The molecule has 0 heterocycles. The summed E-state index contributed by atoms with van der Waals surface area (Å²) in [6.45, 7) is 5.14. The van der Waals surface area contributed by atoms with Crippen molar-refractivity contribution in [3.63, 3.8) is 0 Å². The average molecular weight is 376 g/mol. The zero-order valence-corrected chi connectivity index (χ0v) is 16.5. The van der Waals surface area contributed by atoms with Crippen molar-refractivity contribution in [2.24, 2.45) is 0 Å². The van der Waals surface area contributed by atoms with E-state index in [2.05, 4.69) is 43.4 Å². The largest absolute Gasteiger partial charge is 0.355 e. The predicted octanol–water partition coefficient (Wildman–Crippen LogP) is 5.45. The number of hydrogen-bond donors (Lipinski definition) is 1. The van der Waals surface area contributed by atoms with Crippen LogP contribution in [0.1, 0.15) is 42.9 Å². The van der Waals surface area contributed by atoms with E-state index < -0.39 is 0 Å². The molecule has 25 heavy (non-hydrogen) atoms. The van der Waals surface area contributed by atoms with E-state index in [1.54, 1.807) is 11.8 Å². The van der Waals surface area contributed by atoms with Crippen LogP contribution in [0.3, 0.4) is 0 Å². The van der Waals surface area contributed by atoms with E-state index in [0.29, 0.717) is 11.7 Å². The molecule has 2 rings (SSSR count). The Balaban J connectivity index is 1.58. The summed E-state index contributed by atoms with van der Waals surface area (Å²) in [5, 5.41) is 3.74. The van der Waals surface area contributed by atoms with Crippen LogP contribution in [0.4, 0.5) is 0 Å². The minimum absolute atomic E-state index is 0.106. The van der Waals surface area contributed by atoms with Gasteiger partial charge in [-0.3, -0.25) is 4.79 Å². The molecular formula is C21H26ClNOS. The monoisotopic (exact) mass is 375 g/mol. The average Bonchev–Trinajstić information content (AvgIpc) is 2.61. The normalized spacial score (nSPS) is 10.9. The minimum atomic E-state index is 0.106. The van der Waals surface area contributed by atoms with E-state index in [9.17, 15) is 4.79 Å². The molecule has 0 aromatic heterocycles. The Morgan fingerprint density at radius 1 is 1.04 bits per heavy atom. The van der Waals surface area contributed by atoms with Crippen molar-refractivity contribution in [1.82, 2.24) is 5.32 Å². The summed E-state index contributed by atoms with van der Waals surface area (Å²) in [6.07, 6.45) is 1.96. The predicted molar refractivity (Wildman–Crippen MR) is 109 cm³/mol. The maximum Gasteiger partial charge on any atom is 0.230 e. The van der Waals surface area contributed by atoms with Crippen LogP contribution in [0.25, 0.3) is 0 Å². The maximum atomic E-state index is 11.9. The highest BCUT2D eigenvalue weighted by molar-refractivity contribution is 7.99. The number of carbonyl (C=O) groups is 1. The molecule has 2 nitrogen and oxygen atoms in total. The number of halogens is 1. The lowest BCUT2D eigenvalue weighted by atomic mass is 10.0. The Morgan fingerprint density at radius 3 is 2.32 bits per heavy atom. The summed E-state index contributed by atoms with van der Waals surface area (Å²) < 4.78 is 0. The fourth-order valence-electron chi connectivity index (χ4n) is 2.48. The molecule has 2 aromatic rings. The van der Waals surface area contributed by atoms with Crippen LogP contribution < -0.4 is 5.32 Å². The van der Waals surface area contributed by atoms with Crippen molar-refractivity contribution in [2.45, 2.75) is 38.4 Å². The Bertz CT molecular complexity index is 653. The lowest BCUT2D eigenvalue weighted by molar-refractivity contribution is -0.118. The zero-order valence-electron chi connectivity index (χ0n) is 14.9. The van der Waals surface area contributed by atoms with Crippen LogP contribution in [0, 0.1) is 0 Å². The molecular weight excluding hydrogens is 350 g/mol. The zero-order chi connectivity index (χ0) is 18.1. The SMILES string of the molecule is CC(C)c1ccc(CCCNC(=O)CSCc2ccc(Cl)cc2)cc1. The molecule has 0 aliphatic rings. The van der Waals surface area contributed by atoms with Crippen molar-refractivity contribution in [1.29, 1.82) is 0 Å². The molecule has 0 radical (unpaired) electrons. The Morgan fingerprint density at radius 2 is 1.68 bits per heavy atom. The van der Waals surface area contributed by atoms with Gasteiger partial charge in [0.2, 0.25) is 5.91 Å². The fraction of sp³-hybridized carbons (Fsp3) is 0.381. The lowest BCUT2D eigenvalue weighted by Crippen LogP contribution is -2.26. The fourth-order valence-corrected chi connectivity index (χ4v) is 3.43. The van der Waals surface area contributed by atoms with E-state index in [1.165, 1.54) is 16.7 Å². The van der Waals surface area contributed by atoms with Gasteiger partial charge in [-0.15, -0.1) is 11.8 Å². The third-order valence-corrected chi connectivity index (χ3v) is 5.28. The van der Waals surface area contributed by atoms with Gasteiger partial charge < -0.3 is 5.32 Å². The molecule has 0 unspecified atom stereocenters. The highest BCUT2D eigenvalue weighted by Crippen LogP contribution is 2.16. The van der Waals surface area contributed by atoms with Gasteiger partial charge in [-0.25, -0.2) is 0 Å². The summed E-state index contributed by atoms with van der Waals surface area (Å²) in [6, 6.07) is 16.5. The third-order valence-electron chi connectivity index (χ3n) is 4.03. The summed E-state index contributed by atoms with van der Waals surface area (Å²) in [5.41, 5.74) is 3.89. The van der Waals surface area contributed by atoms with Crippen LogP contribution in [0.5, 0.6) is 0 Å². The maximum absolute atomic E-state index is 11.9. The summed E-state index contributed by atoms with van der Waals surface area (Å²) in [5.74, 6) is 1.99. The second-order valence-corrected chi connectivity index (χ2v) is 7.89. The van der Waals surface area contributed by atoms with E-state index >= 15 is 0 Å². The molecule has 1 amide bonds. The van der Waals surface area contributed by atoms with Crippen molar-refractivity contribution >= 4 is 29.3 Å². The lowest BCUT2D eigenvalue weighted by Gasteiger charge is -2.08. The first-order chi connectivity index (χ1) is 12.0. The molecule has 0 spiro atoms. The van der Waals surface area contributed by atoms with Crippen molar-refractivity contribution in [3.8, 4) is 0 Å². The standard InChI is InChI=1S/C21H26ClNOS/c1-16(2)19-9-5-17(6-10-19)4-3-13-23-21(24)15-25-14-18-7-11-20(22)12-8-18/h5-12,16H,3-4,13-15H2,1-2H3,(H,23,24). The van der Waals surface area contributed by atoms with Crippen molar-refractivity contribution in [3.05, 3.63) is 70.2 Å². The van der Waals surface area contributed by atoms with Gasteiger partial charge in [-0.05, 0) is 47.6 Å². The first-order valence-electron chi connectivity index (χ1n) is 8.72. The van der Waals surface area contributed by atoms with Crippen molar-refractivity contribution in [2.75, 3.05) is 12.3 Å². The molecule has 1 N–H and O–H groups in total. The van der Waals surface area contributed by atoms with Gasteiger partial charge in [-0.2, -0.15) is 0 Å². The number of rotatable bonds is 9. The van der Waals surface area contributed by atoms with Crippen LogP contribution in [-0.2, 0) is 17.0 Å². The second kappa shape index (κ2) is 10.5. The molecule has 0 aliphatic heterocycles. The molecule has 2 aromatic carbocycles. The number of hydrogen-bond acceptors (Lipinski definition) is 2. The Labute approximate surface area is 160 Å². The van der Waals surface area contributed by atoms with Gasteiger partial charge in [0.1, 0.15) is 0 Å². The smallest absolute Gasteiger partial charge is 0.230 e. The van der Waals surface area contributed by atoms with E-state index in [0.717, 1.165) is 30.2 Å². The summed E-state index contributed by atoms with van der Waals surface area (Å²) >= 11 is 7.49. The number of carbonyl (C=O) groups excluding carboxylic acids is 1. The number of thioether (sulfide) groups is 1. The van der Waals surface area contributed by atoms with Gasteiger partial charge >= 0.3 is 0 Å². The summed E-state index contributed by atoms with van der Waals surface area (Å²) in [4.78, 5) is 11.9. The highest BCUT2D eigenvalue weighted by Gasteiger charge is 2.03.